The van der Waals surface area contributed by atoms with Crippen molar-refractivity contribution in [3.05, 3.63) is 35.4 Å². The van der Waals surface area contributed by atoms with Gasteiger partial charge in [-0.1, -0.05) is 37.7 Å². The summed E-state index contributed by atoms with van der Waals surface area (Å²) in [6, 6.07) is 6.60. The maximum absolute atomic E-state index is 12.0. The molecule has 1 aromatic rings. The van der Waals surface area contributed by atoms with Crippen molar-refractivity contribution in [3.8, 4) is 11.5 Å². The van der Waals surface area contributed by atoms with Crippen molar-refractivity contribution >= 4 is 20.1 Å². The molecule has 25 heavy (non-hydrogen) atoms. The van der Waals surface area contributed by atoms with E-state index in [0.29, 0.717) is 5.56 Å². The van der Waals surface area contributed by atoms with Crippen LogP contribution in [0.4, 0.5) is 4.79 Å². The van der Waals surface area contributed by atoms with E-state index in [0.717, 1.165) is 5.56 Å². The molecule has 0 bridgehead atoms. The van der Waals surface area contributed by atoms with Crippen LogP contribution in [-0.4, -0.2) is 30.8 Å². The fourth-order valence-electron chi connectivity index (χ4n) is 1.94. The molecule has 0 aliphatic heterocycles. The zero-order valence-corrected chi connectivity index (χ0v) is 16.8. The molecule has 0 spiro atoms. The van der Waals surface area contributed by atoms with E-state index in [1.54, 1.807) is 32.9 Å². The van der Waals surface area contributed by atoms with Gasteiger partial charge in [-0.25, -0.2) is 4.79 Å². The van der Waals surface area contributed by atoms with E-state index < -0.39 is 31.8 Å². The highest BCUT2D eigenvalue weighted by Crippen LogP contribution is 2.19. The van der Waals surface area contributed by atoms with E-state index in [2.05, 4.69) is 36.4 Å². The quantitative estimate of drug-likeness (QED) is 0.629. The van der Waals surface area contributed by atoms with Crippen molar-refractivity contribution in [1.82, 2.24) is 5.32 Å². The Kier molecular flexibility index (Phi) is 6.83. The predicted octanol–water partition coefficient (Wildman–Crippen LogP) is 3.96. The van der Waals surface area contributed by atoms with Gasteiger partial charge in [0, 0.05) is 5.56 Å². The van der Waals surface area contributed by atoms with Gasteiger partial charge in [0.05, 0.1) is 12.5 Å². The van der Waals surface area contributed by atoms with Gasteiger partial charge in [0.2, 0.25) is 0 Å². The highest BCUT2D eigenvalue weighted by atomic mass is 28.3. The molecule has 5 nitrogen and oxygen atoms in total. The van der Waals surface area contributed by atoms with Crippen LogP contribution in [0.2, 0.25) is 19.6 Å². The average molecular weight is 362 g/mol. The molecule has 0 aliphatic carbocycles. The second kappa shape index (κ2) is 8.21. The number of ether oxygens (including phenoxy) is 1. The van der Waals surface area contributed by atoms with E-state index in [1.165, 1.54) is 0 Å². The van der Waals surface area contributed by atoms with E-state index >= 15 is 0 Å². The first-order valence-electron chi connectivity index (χ1n) is 8.20. The average Bonchev–Trinajstić information content (AvgIpc) is 2.41. The van der Waals surface area contributed by atoms with E-state index in [-0.39, 0.29) is 6.42 Å². The number of carbonyl (C=O) groups excluding carboxylic acids is 1. The maximum atomic E-state index is 12.0. The van der Waals surface area contributed by atoms with Crippen LogP contribution in [0.3, 0.4) is 0 Å². The molecular formula is C19H27NO4Si. The first-order chi connectivity index (χ1) is 11.4. The molecule has 0 aromatic heterocycles. The monoisotopic (exact) mass is 361 g/mol. The largest absolute Gasteiger partial charge is 0.481 e. The third kappa shape index (κ3) is 8.96. The Hall–Kier alpha value is -2.26. The minimum absolute atomic E-state index is 0.223. The number of carbonyl (C=O) groups is 2. The Morgan fingerprint density at radius 3 is 2.20 bits per heavy atom. The van der Waals surface area contributed by atoms with Gasteiger partial charge in [-0.2, -0.15) is 0 Å². The summed E-state index contributed by atoms with van der Waals surface area (Å²) in [6.07, 6.45) is -0.861. The molecule has 0 saturated carbocycles. The van der Waals surface area contributed by atoms with Crippen molar-refractivity contribution in [2.45, 2.75) is 58.5 Å². The second-order valence-electron chi connectivity index (χ2n) is 7.92. The van der Waals surface area contributed by atoms with Crippen LogP contribution in [0.5, 0.6) is 0 Å². The fourth-order valence-corrected chi connectivity index (χ4v) is 2.45. The number of amides is 1. The molecule has 1 rings (SSSR count). The summed E-state index contributed by atoms with van der Waals surface area (Å²) in [5.41, 5.74) is 4.21. The van der Waals surface area contributed by atoms with Crippen LogP contribution < -0.4 is 5.32 Å². The molecule has 1 aromatic carbocycles. The first-order valence-corrected chi connectivity index (χ1v) is 11.7. The summed E-state index contributed by atoms with van der Waals surface area (Å²) in [6.45, 7) is 11.8. The third-order valence-electron chi connectivity index (χ3n) is 2.96. The number of aliphatic carboxylic acids is 1. The minimum atomic E-state index is -1.45. The molecule has 0 saturated heterocycles. The minimum Gasteiger partial charge on any atom is -0.481 e. The van der Waals surface area contributed by atoms with Gasteiger partial charge in [-0.3, -0.25) is 4.79 Å². The summed E-state index contributed by atoms with van der Waals surface area (Å²) >= 11 is 0. The fraction of sp³-hybridized carbons (Fsp3) is 0.474. The highest BCUT2D eigenvalue weighted by Gasteiger charge is 2.22. The lowest BCUT2D eigenvalue weighted by Crippen LogP contribution is -2.35. The highest BCUT2D eigenvalue weighted by molar-refractivity contribution is 6.83. The summed E-state index contributed by atoms with van der Waals surface area (Å²) in [5, 5.41) is 11.7. The number of carboxylic acids is 1. The van der Waals surface area contributed by atoms with Crippen molar-refractivity contribution in [3.63, 3.8) is 0 Å². The molecule has 0 heterocycles. The van der Waals surface area contributed by atoms with Gasteiger partial charge in [-0.05, 0) is 38.5 Å². The number of hydrogen-bond donors (Lipinski definition) is 2. The number of alkyl carbamates (subject to hydrolysis) is 1. The molecule has 2 N–H and O–H groups in total. The SMILES string of the molecule is CC(C)(C)OC(=O)N[C@H](CC(=O)O)c1ccc(C#C[Si](C)(C)C)cc1. The molecule has 1 atom stereocenters. The van der Waals surface area contributed by atoms with Gasteiger partial charge in [0.25, 0.3) is 0 Å². The van der Waals surface area contributed by atoms with Gasteiger partial charge >= 0.3 is 12.1 Å². The standard InChI is InChI=1S/C19H27NO4Si/c1-19(2,3)24-18(23)20-16(13-17(21)22)15-9-7-14(8-10-15)11-12-25(4,5)6/h7-10,16H,13H2,1-6H3,(H,20,23)(H,21,22)/t16-/m1/s1. The summed E-state index contributed by atoms with van der Waals surface area (Å²) in [5.74, 6) is 2.15. The number of carboxylic acid groups (broad SMARTS) is 1. The smallest absolute Gasteiger partial charge is 0.408 e. The number of hydrogen-bond acceptors (Lipinski definition) is 3. The van der Waals surface area contributed by atoms with Crippen molar-refractivity contribution < 1.29 is 19.4 Å². The summed E-state index contributed by atoms with van der Waals surface area (Å²) in [7, 11) is -1.45. The Morgan fingerprint density at radius 2 is 1.76 bits per heavy atom. The molecule has 6 heteroatoms. The van der Waals surface area contributed by atoms with Crippen molar-refractivity contribution in [2.24, 2.45) is 0 Å². The first kappa shape index (κ1) is 20.8. The van der Waals surface area contributed by atoms with Gasteiger partial charge < -0.3 is 15.2 Å². The Labute approximate surface area is 150 Å². The summed E-state index contributed by atoms with van der Waals surface area (Å²) in [4.78, 5) is 23.1. The molecule has 0 fully saturated rings. The van der Waals surface area contributed by atoms with Crippen LogP contribution in [0.15, 0.2) is 24.3 Å². The van der Waals surface area contributed by atoms with Crippen LogP contribution >= 0.6 is 0 Å². The lowest BCUT2D eigenvalue weighted by Gasteiger charge is -2.23. The number of nitrogens with one attached hydrogen (secondary N) is 1. The number of rotatable bonds is 4. The second-order valence-corrected chi connectivity index (χ2v) is 12.7. The van der Waals surface area contributed by atoms with E-state index in [1.807, 2.05) is 12.1 Å². The molecule has 1 amide bonds. The topological polar surface area (TPSA) is 75.6 Å². The zero-order chi connectivity index (χ0) is 19.3. The number of benzene rings is 1. The lowest BCUT2D eigenvalue weighted by atomic mass is 10.0. The van der Waals surface area contributed by atoms with Crippen LogP contribution in [0.25, 0.3) is 0 Å². The van der Waals surface area contributed by atoms with E-state index in [9.17, 15) is 9.59 Å². The molecule has 136 valence electrons. The Morgan fingerprint density at radius 1 is 1.20 bits per heavy atom. The van der Waals surface area contributed by atoms with Crippen LogP contribution in [0.1, 0.15) is 44.4 Å². The normalized spacial score (nSPS) is 12.6. The van der Waals surface area contributed by atoms with Gasteiger partial charge in [0.15, 0.2) is 0 Å². The van der Waals surface area contributed by atoms with Crippen LogP contribution in [0, 0.1) is 11.5 Å². The summed E-state index contributed by atoms with van der Waals surface area (Å²) < 4.78 is 5.21. The third-order valence-corrected chi connectivity index (χ3v) is 3.84. The zero-order valence-electron chi connectivity index (χ0n) is 15.8. The molecular weight excluding hydrogens is 334 g/mol. The molecule has 0 aliphatic rings. The van der Waals surface area contributed by atoms with Gasteiger partial charge in [-0.15, -0.1) is 5.54 Å². The lowest BCUT2D eigenvalue weighted by molar-refractivity contribution is -0.137. The van der Waals surface area contributed by atoms with Gasteiger partial charge in [0.1, 0.15) is 13.7 Å². The van der Waals surface area contributed by atoms with Crippen LogP contribution in [-0.2, 0) is 9.53 Å². The Bertz CT molecular complexity index is 673. The van der Waals surface area contributed by atoms with Crippen molar-refractivity contribution in [2.75, 3.05) is 0 Å². The maximum Gasteiger partial charge on any atom is 0.408 e. The molecule has 0 unspecified atom stereocenters. The van der Waals surface area contributed by atoms with E-state index in [4.69, 9.17) is 9.84 Å². The van der Waals surface area contributed by atoms with Crippen molar-refractivity contribution in [1.29, 1.82) is 0 Å². The predicted molar refractivity (Wildman–Crippen MR) is 101 cm³/mol. The Balaban J connectivity index is 2.94. The molecule has 0 radical (unpaired) electrons.